The summed E-state index contributed by atoms with van der Waals surface area (Å²) in [6.07, 6.45) is 1.92. The molecule has 0 saturated heterocycles. The molecule has 3 aromatic heterocycles. The predicted octanol–water partition coefficient (Wildman–Crippen LogP) is 3.41. The minimum absolute atomic E-state index is 0.679. The number of rotatable bonds is 1. The molecule has 0 aliphatic carbocycles. The number of hydrogen-bond acceptors (Lipinski definition) is 3. The van der Waals surface area contributed by atoms with Gasteiger partial charge in [-0.2, -0.15) is 0 Å². The number of nitrogen functional groups attached to an aromatic ring is 1. The summed E-state index contributed by atoms with van der Waals surface area (Å²) in [6.45, 7) is 0. The van der Waals surface area contributed by atoms with Crippen molar-refractivity contribution in [3.63, 3.8) is 0 Å². The molecule has 0 saturated carbocycles. The number of nitrogens with zero attached hydrogens (tertiary/aromatic N) is 2. The van der Waals surface area contributed by atoms with E-state index in [0.717, 1.165) is 20.7 Å². The third-order valence-corrected chi connectivity index (χ3v) is 3.89. The molecule has 3 heterocycles. The summed E-state index contributed by atoms with van der Waals surface area (Å²) in [5.74, 6) is 0.679. The number of thiophene rings is 1. The monoisotopic (exact) mass is 293 g/mol. The van der Waals surface area contributed by atoms with Crippen LogP contribution in [0.5, 0.6) is 0 Å². The van der Waals surface area contributed by atoms with Crippen molar-refractivity contribution in [1.82, 2.24) is 9.38 Å². The normalized spacial score (nSPS) is 11.1. The van der Waals surface area contributed by atoms with Crippen LogP contribution in [0.2, 0.25) is 0 Å². The van der Waals surface area contributed by atoms with Gasteiger partial charge in [-0.1, -0.05) is 6.07 Å². The van der Waals surface area contributed by atoms with E-state index in [4.69, 9.17) is 5.73 Å². The second-order valence-corrected chi connectivity index (χ2v) is 5.17. The fraction of sp³-hybridized carbons (Fsp3) is 0. The van der Waals surface area contributed by atoms with Crippen LogP contribution in [-0.4, -0.2) is 9.38 Å². The summed E-state index contributed by atoms with van der Waals surface area (Å²) in [6, 6.07) is 7.92. The zero-order chi connectivity index (χ0) is 11.1. The standard InChI is InChI=1S/C11H8BrN3S/c12-7-3-1-5-15-10(13)9(14-11(7)15)8-4-2-6-16-8/h1-6H,13H2. The Balaban J connectivity index is 2.36. The molecule has 0 atom stereocenters. The molecule has 3 aromatic rings. The number of pyridine rings is 1. The summed E-state index contributed by atoms with van der Waals surface area (Å²) < 4.78 is 2.84. The molecule has 0 spiro atoms. The smallest absolute Gasteiger partial charge is 0.153 e. The zero-order valence-corrected chi connectivity index (χ0v) is 10.6. The van der Waals surface area contributed by atoms with Crippen molar-refractivity contribution in [3.05, 3.63) is 40.3 Å². The average Bonchev–Trinajstić information content (AvgIpc) is 2.88. The van der Waals surface area contributed by atoms with Crippen LogP contribution in [-0.2, 0) is 0 Å². The number of hydrogen-bond donors (Lipinski definition) is 1. The van der Waals surface area contributed by atoms with Crippen LogP contribution in [0.25, 0.3) is 16.2 Å². The second-order valence-electron chi connectivity index (χ2n) is 3.37. The van der Waals surface area contributed by atoms with Gasteiger partial charge in [0.25, 0.3) is 0 Å². The van der Waals surface area contributed by atoms with Crippen molar-refractivity contribution in [2.45, 2.75) is 0 Å². The van der Waals surface area contributed by atoms with E-state index < -0.39 is 0 Å². The minimum atomic E-state index is 0.679. The van der Waals surface area contributed by atoms with Crippen LogP contribution in [0, 0.1) is 0 Å². The second kappa shape index (κ2) is 3.61. The number of anilines is 1. The molecule has 2 N–H and O–H groups in total. The van der Waals surface area contributed by atoms with Crippen molar-refractivity contribution < 1.29 is 0 Å². The van der Waals surface area contributed by atoms with Gasteiger partial charge in [0, 0.05) is 6.20 Å². The Hall–Kier alpha value is -1.33. The van der Waals surface area contributed by atoms with Crippen LogP contribution >= 0.6 is 27.3 Å². The molecular weight excluding hydrogens is 286 g/mol. The van der Waals surface area contributed by atoms with Crippen molar-refractivity contribution in [1.29, 1.82) is 0 Å². The van der Waals surface area contributed by atoms with Gasteiger partial charge in [-0.15, -0.1) is 11.3 Å². The van der Waals surface area contributed by atoms with Gasteiger partial charge in [-0.3, -0.25) is 4.40 Å². The molecule has 0 radical (unpaired) electrons. The predicted molar refractivity (Wildman–Crippen MR) is 70.6 cm³/mol. The first-order valence-corrected chi connectivity index (χ1v) is 6.40. The first-order valence-electron chi connectivity index (χ1n) is 4.73. The molecule has 3 rings (SSSR count). The van der Waals surface area contributed by atoms with Crippen molar-refractivity contribution in [3.8, 4) is 10.6 Å². The van der Waals surface area contributed by atoms with E-state index in [1.54, 1.807) is 11.3 Å². The Bertz CT molecular complexity index is 643. The van der Waals surface area contributed by atoms with Crippen LogP contribution in [0.4, 0.5) is 5.82 Å². The van der Waals surface area contributed by atoms with E-state index in [-0.39, 0.29) is 0 Å². The number of nitrogens with two attached hydrogens (primary N) is 1. The van der Waals surface area contributed by atoms with E-state index in [1.165, 1.54) is 0 Å². The maximum absolute atomic E-state index is 6.09. The molecule has 0 amide bonds. The summed E-state index contributed by atoms with van der Waals surface area (Å²) in [7, 11) is 0. The Labute approximate surface area is 105 Å². The molecule has 0 unspecified atom stereocenters. The number of halogens is 1. The highest BCUT2D eigenvalue weighted by Crippen LogP contribution is 2.31. The first kappa shape index (κ1) is 9.86. The van der Waals surface area contributed by atoms with Gasteiger partial charge < -0.3 is 5.73 Å². The van der Waals surface area contributed by atoms with Crippen molar-refractivity contribution >= 4 is 38.7 Å². The van der Waals surface area contributed by atoms with E-state index in [0.29, 0.717) is 5.82 Å². The number of fused-ring (bicyclic) bond motifs is 1. The molecule has 0 aromatic carbocycles. The molecule has 5 heteroatoms. The van der Waals surface area contributed by atoms with E-state index >= 15 is 0 Å². The lowest BCUT2D eigenvalue weighted by atomic mass is 10.3. The highest BCUT2D eigenvalue weighted by atomic mass is 79.9. The van der Waals surface area contributed by atoms with Crippen LogP contribution < -0.4 is 5.73 Å². The molecule has 0 fully saturated rings. The Morgan fingerprint density at radius 3 is 2.88 bits per heavy atom. The van der Waals surface area contributed by atoms with E-state index in [9.17, 15) is 0 Å². The number of imidazole rings is 1. The molecule has 0 aliphatic rings. The summed E-state index contributed by atoms with van der Waals surface area (Å²) in [4.78, 5) is 5.65. The highest BCUT2D eigenvalue weighted by Gasteiger charge is 2.13. The average molecular weight is 294 g/mol. The first-order chi connectivity index (χ1) is 7.77. The molecule has 0 aliphatic heterocycles. The Morgan fingerprint density at radius 1 is 1.31 bits per heavy atom. The lowest BCUT2D eigenvalue weighted by Gasteiger charge is -1.96. The van der Waals surface area contributed by atoms with Gasteiger partial charge in [0.05, 0.1) is 9.35 Å². The summed E-state index contributed by atoms with van der Waals surface area (Å²) >= 11 is 5.11. The van der Waals surface area contributed by atoms with Crippen LogP contribution in [0.1, 0.15) is 0 Å². The van der Waals surface area contributed by atoms with Crippen molar-refractivity contribution in [2.24, 2.45) is 0 Å². The van der Waals surface area contributed by atoms with Gasteiger partial charge in [0.1, 0.15) is 11.5 Å². The fourth-order valence-electron chi connectivity index (χ4n) is 1.65. The van der Waals surface area contributed by atoms with Gasteiger partial charge in [-0.05, 0) is 39.5 Å². The molecule has 0 bridgehead atoms. The van der Waals surface area contributed by atoms with Gasteiger partial charge in [-0.25, -0.2) is 4.98 Å². The lowest BCUT2D eigenvalue weighted by molar-refractivity contribution is 1.19. The Morgan fingerprint density at radius 2 is 2.19 bits per heavy atom. The molecule has 80 valence electrons. The quantitative estimate of drug-likeness (QED) is 0.747. The van der Waals surface area contributed by atoms with Gasteiger partial charge in [0.2, 0.25) is 0 Å². The van der Waals surface area contributed by atoms with Gasteiger partial charge >= 0.3 is 0 Å². The largest absolute Gasteiger partial charge is 0.383 e. The van der Waals surface area contributed by atoms with E-state index in [2.05, 4.69) is 20.9 Å². The lowest BCUT2D eigenvalue weighted by Crippen LogP contribution is -1.93. The third kappa shape index (κ3) is 1.36. The van der Waals surface area contributed by atoms with Crippen LogP contribution in [0.15, 0.2) is 40.3 Å². The van der Waals surface area contributed by atoms with Gasteiger partial charge in [0.15, 0.2) is 5.65 Å². The zero-order valence-electron chi connectivity index (χ0n) is 8.22. The number of aromatic nitrogens is 2. The molecular formula is C11H8BrN3S. The Kier molecular flexibility index (Phi) is 2.22. The van der Waals surface area contributed by atoms with Crippen molar-refractivity contribution in [2.75, 3.05) is 5.73 Å². The highest BCUT2D eigenvalue weighted by molar-refractivity contribution is 9.10. The summed E-state index contributed by atoms with van der Waals surface area (Å²) in [5.41, 5.74) is 7.78. The maximum Gasteiger partial charge on any atom is 0.153 e. The minimum Gasteiger partial charge on any atom is -0.383 e. The topological polar surface area (TPSA) is 43.3 Å². The maximum atomic E-state index is 6.09. The third-order valence-electron chi connectivity index (χ3n) is 2.39. The van der Waals surface area contributed by atoms with E-state index in [1.807, 2.05) is 40.2 Å². The fourth-order valence-corrected chi connectivity index (χ4v) is 2.80. The molecule has 3 nitrogen and oxygen atoms in total. The van der Waals surface area contributed by atoms with Crippen LogP contribution in [0.3, 0.4) is 0 Å². The summed E-state index contributed by atoms with van der Waals surface area (Å²) in [5, 5.41) is 2.02. The molecule has 16 heavy (non-hydrogen) atoms. The SMILES string of the molecule is Nc1c(-c2cccs2)nc2c(Br)cccn12.